The quantitative estimate of drug-likeness (QED) is 0.654. The molecule has 0 aromatic carbocycles. The van der Waals surface area contributed by atoms with Crippen molar-refractivity contribution in [1.29, 1.82) is 0 Å². The molecular weight excluding hydrogens is 230 g/mol. The highest BCUT2D eigenvalue weighted by atomic mass is 32.2. The van der Waals surface area contributed by atoms with Gasteiger partial charge in [-0.2, -0.15) is 12.7 Å². The molecule has 0 aromatic rings. The van der Waals surface area contributed by atoms with E-state index < -0.39 is 10.2 Å². The second-order valence-electron chi connectivity index (χ2n) is 4.22. The van der Waals surface area contributed by atoms with Crippen LogP contribution in [0.4, 0.5) is 0 Å². The van der Waals surface area contributed by atoms with Gasteiger partial charge in [-0.05, 0) is 25.4 Å². The molecule has 1 atom stereocenters. The second-order valence-corrected chi connectivity index (χ2v) is 5.98. The molecule has 2 aliphatic rings. The molecule has 7 heteroatoms. The van der Waals surface area contributed by atoms with Crippen LogP contribution < -0.4 is 10.0 Å². The van der Waals surface area contributed by atoms with Gasteiger partial charge in [0.25, 0.3) is 10.2 Å². The number of hydrogen-bond acceptors (Lipinski definition) is 4. The van der Waals surface area contributed by atoms with Gasteiger partial charge in [0.15, 0.2) is 0 Å². The lowest BCUT2D eigenvalue weighted by molar-refractivity contribution is 0.0724. The Bertz CT molecular complexity index is 308. The summed E-state index contributed by atoms with van der Waals surface area (Å²) < 4.78 is 33.0. The summed E-state index contributed by atoms with van der Waals surface area (Å²) in [7, 11) is -3.30. The zero-order valence-electron chi connectivity index (χ0n) is 9.31. The molecule has 2 saturated heterocycles. The predicted molar refractivity (Wildman–Crippen MR) is 60.3 cm³/mol. The SMILES string of the molecule is O=S(=O)(NCC1CCNC1)N1CCOCC1. The summed E-state index contributed by atoms with van der Waals surface area (Å²) in [6.45, 7) is 4.33. The minimum Gasteiger partial charge on any atom is -0.379 e. The molecule has 0 amide bonds. The third-order valence-corrected chi connectivity index (χ3v) is 4.60. The van der Waals surface area contributed by atoms with Gasteiger partial charge in [0, 0.05) is 19.6 Å². The average Bonchev–Trinajstić information content (AvgIpc) is 2.81. The molecule has 0 aromatic heterocycles. The van der Waals surface area contributed by atoms with E-state index in [1.807, 2.05) is 0 Å². The lowest BCUT2D eigenvalue weighted by Gasteiger charge is -2.26. The van der Waals surface area contributed by atoms with E-state index in [4.69, 9.17) is 4.74 Å². The van der Waals surface area contributed by atoms with Gasteiger partial charge < -0.3 is 10.1 Å². The minimum absolute atomic E-state index is 0.427. The van der Waals surface area contributed by atoms with Crippen molar-refractivity contribution in [3.8, 4) is 0 Å². The Morgan fingerprint density at radius 2 is 2.12 bits per heavy atom. The summed E-state index contributed by atoms with van der Waals surface area (Å²) in [6, 6.07) is 0. The number of morpholine rings is 1. The molecule has 0 aliphatic carbocycles. The molecule has 0 saturated carbocycles. The van der Waals surface area contributed by atoms with E-state index in [9.17, 15) is 8.42 Å². The van der Waals surface area contributed by atoms with E-state index in [2.05, 4.69) is 10.0 Å². The van der Waals surface area contributed by atoms with Crippen LogP contribution in [0.3, 0.4) is 0 Å². The van der Waals surface area contributed by atoms with E-state index >= 15 is 0 Å². The Labute approximate surface area is 96.5 Å². The number of rotatable bonds is 4. The van der Waals surface area contributed by atoms with Crippen molar-refractivity contribution in [3.63, 3.8) is 0 Å². The van der Waals surface area contributed by atoms with Gasteiger partial charge in [-0.1, -0.05) is 0 Å². The molecule has 2 N–H and O–H groups in total. The highest BCUT2D eigenvalue weighted by Gasteiger charge is 2.25. The topological polar surface area (TPSA) is 70.7 Å². The van der Waals surface area contributed by atoms with Gasteiger partial charge in [0.1, 0.15) is 0 Å². The maximum absolute atomic E-state index is 11.9. The molecule has 0 spiro atoms. The first-order valence-electron chi connectivity index (χ1n) is 5.72. The minimum atomic E-state index is -3.30. The highest BCUT2D eigenvalue weighted by molar-refractivity contribution is 7.87. The van der Waals surface area contributed by atoms with E-state index in [0.717, 1.165) is 19.5 Å². The van der Waals surface area contributed by atoms with Gasteiger partial charge in [-0.15, -0.1) is 0 Å². The zero-order valence-corrected chi connectivity index (χ0v) is 10.1. The van der Waals surface area contributed by atoms with Gasteiger partial charge in [-0.25, -0.2) is 4.72 Å². The van der Waals surface area contributed by atoms with E-state index in [0.29, 0.717) is 38.8 Å². The van der Waals surface area contributed by atoms with Crippen LogP contribution in [-0.4, -0.2) is 58.7 Å². The normalized spacial score (nSPS) is 28.4. The van der Waals surface area contributed by atoms with Crippen LogP contribution in [0.2, 0.25) is 0 Å². The summed E-state index contributed by atoms with van der Waals surface area (Å²) in [5.41, 5.74) is 0. The van der Waals surface area contributed by atoms with E-state index in [1.165, 1.54) is 4.31 Å². The Morgan fingerprint density at radius 1 is 1.38 bits per heavy atom. The molecular formula is C9H19N3O3S. The van der Waals surface area contributed by atoms with Crippen LogP contribution in [0.5, 0.6) is 0 Å². The Hall–Kier alpha value is -0.210. The standard InChI is InChI=1S/C9H19N3O3S/c13-16(14,12-3-5-15-6-4-12)11-8-9-1-2-10-7-9/h9-11H,1-8H2. The number of nitrogens with zero attached hydrogens (tertiary/aromatic N) is 1. The van der Waals surface area contributed by atoms with Crippen LogP contribution in [0.25, 0.3) is 0 Å². The number of hydrogen-bond donors (Lipinski definition) is 2. The largest absolute Gasteiger partial charge is 0.379 e. The van der Waals surface area contributed by atoms with E-state index in [-0.39, 0.29) is 0 Å². The Kier molecular flexibility index (Phi) is 4.15. The molecule has 0 bridgehead atoms. The van der Waals surface area contributed by atoms with Crippen LogP contribution in [0, 0.1) is 5.92 Å². The summed E-state index contributed by atoms with van der Waals surface area (Å²) in [6.07, 6.45) is 1.05. The van der Waals surface area contributed by atoms with Crippen LogP contribution >= 0.6 is 0 Å². The van der Waals surface area contributed by atoms with Crippen molar-refractivity contribution in [2.45, 2.75) is 6.42 Å². The first-order chi connectivity index (χ1) is 7.68. The van der Waals surface area contributed by atoms with Crippen LogP contribution in [-0.2, 0) is 14.9 Å². The second kappa shape index (κ2) is 5.42. The van der Waals surface area contributed by atoms with Gasteiger partial charge in [0.2, 0.25) is 0 Å². The molecule has 2 aliphatic heterocycles. The molecule has 1 unspecified atom stereocenters. The lowest BCUT2D eigenvalue weighted by atomic mass is 10.1. The van der Waals surface area contributed by atoms with Gasteiger partial charge in [-0.3, -0.25) is 0 Å². The molecule has 2 fully saturated rings. The van der Waals surface area contributed by atoms with E-state index in [1.54, 1.807) is 0 Å². The fraction of sp³-hybridized carbons (Fsp3) is 1.00. The molecule has 94 valence electrons. The van der Waals surface area contributed by atoms with Crippen molar-refractivity contribution < 1.29 is 13.2 Å². The molecule has 2 heterocycles. The Balaban J connectivity index is 1.81. The molecule has 16 heavy (non-hydrogen) atoms. The first-order valence-corrected chi connectivity index (χ1v) is 7.16. The third kappa shape index (κ3) is 3.14. The van der Waals surface area contributed by atoms with Crippen LogP contribution in [0.1, 0.15) is 6.42 Å². The van der Waals surface area contributed by atoms with Crippen LogP contribution in [0.15, 0.2) is 0 Å². The Morgan fingerprint density at radius 3 is 2.75 bits per heavy atom. The zero-order chi connectivity index (χ0) is 11.4. The fourth-order valence-corrected chi connectivity index (χ4v) is 3.25. The maximum atomic E-state index is 11.9. The predicted octanol–water partition coefficient (Wildman–Crippen LogP) is -1.24. The summed E-state index contributed by atoms with van der Waals surface area (Å²) >= 11 is 0. The van der Waals surface area contributed by atoms with Gasteiger partial charge >= 0.3 is 0 Å². The number of nitrogens with one attached hydrogen (secondary N) is 2. The van der Waals surface area contributed by atoms with Gasteiger partial charge in [0.05, 0.1) is 13.2 Å². The highest BCUT2D eigenvalue weighted by Crippen LogP contribution is 2.08. The van der Waals surface area contributed by atoms with Crippen molar-refractivity contribution in [3.05, 3.63) is 0 Å². The molecule has 2 rings (SSSR count). The van der Waals surface area contributed by atoms with Crippen molar-refractivity contribution in [1.82, 2.24) is 14.3 Å². The summed E-state index contributed by atoms with van der Waals surface area (Å²) in [5, 5.41) is 3.22. The average molecular weight is 249 g/mol. The third-order valence-electron chi connectivity index (χ3n) is 3.03. The van der Waals surface area contributed by atoms with Crippen molar-refractivity contribution in [2.24, 2.45) is 5.92 Å². The number of ether oxygens (including phenoxy) is 1. The lowest BCUT2D eigenvalue weighted by Crippen LogP contribution is -2.47. The molecule has 6 nitrogen and oxygen atoms in total. The molecule has 0 radical (unpaired) electrons. The smallest absolute Gasteiger partial charge is 0.279 e. The maximum Gasteiger partial charge on any atom is 0.279 e. The summed E-state index contributed by atoms with van der Waals surface area (Å²) in [5.74, 6) is 0.427. The van der Waals surface area contributed by atoms with Crippen molar-refractivity contribution in [2.75, 3.05) is 45.9 Å². The van der Waals surface area contributed by atoms with Crippen molar-refractivity contribution >= 4 is 10.2 Å². The summed E-state index contributed by atoms with van der Waals surface area (Å²) in [4.78, 5) is 0. The monoisotopic (exact) mass is 249 g/mol. The first kappa shape index (κ1) is 12.3. The fourth-order valence-electron chi connectivity index (χ4n) is 1.99.